The largest absolute Gasteiger partial charge is 0.372 e. The Balaban J connectivity index is 2.98. The van der Waals surface area contributed by atoms with Gasteiger partial charge in [0.05, 0.1) is 6.20 Å². The third-order valence-electron chi connectivity index (χ3n) is 2.24. The molecule has 0 bridgehead atoms. The number of rotatable bonds is 4. The van der Waals surface area contributed by atoms with E-state index in [0.717, 1.165) is 5.56 Å². The molecule has 0 spiro atoms. The highest BCUT2D eigenvalue weighted by molar-refractivity contribution is 5.22. The monoisotopic (exact) mass is 181 g/mol. The molecule has 0 aliphatic carbocycles. The second kappa shape index (κ2) is 3.72. The predicted octanol–water partition coefficient (Wildman–Crippen LogP) is 0.804. The fourth-order valence-electron chi connectivity index (χ4n) is 1.03. The molecule has 0 amide bonds. The lowest BCUT2D eigenvalue weighted by Crippen LogP contribution is -2.33. The molecular formula is C9H15N3O. The van der Waals surface area contributed by atoms with Gasteiger partial charge in [0.15, 0.2) is 0 Å². The topological polar surface area (TPSA) is 53.1 Å². The van der Waals surface area contributed by atoms with Gasteiger partial charge in [-0.2, -0.15) is 5.10 Å². The van der Waals surface area contributed by atoms with Gasteiger partial charge in [0.1, 0.15) is 5.60 Å². The summed E-state index contributed by atoms with van der Waals surface area (Å²) in [6.07, 6.45) is 5.21. The minimum absolute atomic E-state index is 0.423. The van der Waals surface area contributed by atoms with Gasteiger partial charge in [-0.3, -0.25) is 0 Å². The molecule has 0 aromatic carbocycles. The number of hydrogen-bond acceptors (Lipinski definition) is 3. The maximum absolute atomic E-state index is 5.61. The summed E-state index contributed by atoms with van der Waals surface area (Å²) in [5.74, 6) is 0. The first kappa shape index (κ1) is 9.95. The van der Waals surface area contributed by atoms with E-state index in [-0.39, 0.29) is 0 Å². The van der Waals surface area contributed by atoms with E-state index in [9.17, 15) is 0 Å². The van der Waals surface area contributed by atoms with Crippen molar-refractivity contribution in [2.75, 3.05) is 13.7 Å². The van der Waals surface area contributed by atoms with Crippen LogP contribution in [0.2, 0.25) is 0 Å². The average Bonchev–Trinajstić information content (AvgIpc) is 2.65. The van der Waals surface area contributed by atoms with Gasteiger partial charge in [0.25, 0.3) is 0 Å². The Bertz CT molecular complexity index is 289. The molecule has 1 atom stereocenters. The third-order valence-corrected chi connectivity index (χ3v) is 2.24. The van der Waals surface area contributed by atoms with Crippen LogP contribution in [-0.4, -0.2) is 23.4 Å². The zero-order valence-electron chi connectivity index (χ0n) is 8.03. The van der Waals surface area contributed by atoms with E-state index < -0.39 is 5.60 Å². The van der Waals surface area contributed by atoms with Gasteiger partial charge in [-0.05, 0) is 6.92 Å². The summed E-state index contributed by atoms with van der Waals surface area (Å²) in [6.45, 7) is 5.96. The number of ether oxygens (including phenoxy) is 1. The standard InChI is InChI=1S/C9H15N3O/c1-4-12-6-8(5-11-12)9(2,7-10)13-3/h4-6H,1,7,10H2,2-3H3. The zero-order valence-corrected chi connectivity index (χ0v) is 8.03. The van der Waals surface area contributed by atoms with Crippen LogP contribution in [0.15, 0.2) is 19.0 Å². The van der Waals surface area contributed by atoms with Crippen LogP contribution in [-0.2, 0) is 10.3 Å². The second-order valence-corrected chi connectivity index (χ2v) is 3.03. The van der Waals surface area contributed by atoms with Gasteiger partial charge in [-0.25, -0.2) is 4.68 Å². The Kier molecular flexibility index (Phi) is 2.85. The van der Waals surface area contributed by atoms with Crippen LogP contribution in [0, 0.1) is 0 Å². The number of methoxy groups -OCH3 is 1. The van der Waals surface area contributed by atoms with Gasteiger partial charge >= 0.3 is 0 Å². The SMILES string of the molecule is C=Cn1cc(C(C)(CN)OC)cn1. The molecule has 13 heavy (non-hydrogen) atoms. The molecule has 4 nitrogen and oxygen atoms in total. The fraction of sp³-hybridized carbons (Fsp3) is 0.444. The number of nitrogens with zero attached hydrogens (tertiary/aromatic N) is 2. The van der Waals surface area contributed by atoms with Crippen LogP contribution >= 0.6 is 0 Å². The number of aromatic nitrogens is 2. The maximum Gasteiger partial charge on any atom is 0.105 e. The summed E-state index contributed by atoms with van der Waals surface area (Å²) in [4.78, 5) is 0. The minimum Gasteiger partial charge on any atom is -0.372 e. The van der Waals surface area contributed by atoms with Crippen LogP contribution < -0.4 is 5.73 Å². The minimum atomic E-state index is -0.457. The van der Waals surface area contributed by atoms with Crippen LogP contribution in [0.5, 0.6) is 0 Å². The quantitative estimate of drug-likeness (QED) is 0.747. The molecule has 0 radical (unpaired) electrons. The summed E-state index contributed by atoms with van der Waals surface area (Å²) in [7, 11) is 1.64. The Hall–Kier alpha value is -1.13. The van der Waals surface area contributed by atoms with Crippen molar-refractivity contribution in [3.63, 3.8) is 0 Å². The van der Waals surface area contributed by atoms with Crippen LogP contribution in [0.3, 0.4) is 0 Å². The zero-order chi connectivity index (χ0) is 9.90. The Morgan fingerprint density at radius 3 is 2.92 bits per heavy atom. The first-order chi connectivity index (χ1) is 6.16. The van der Waals surface area contributed by atoms with Crippen molar-refractivity contribution in [2.45, 2.75) is 12.5 Å². The molecule has 0 saturated heterocycles. The van der Waals surface area contributed by atoms with E-state index in [2.05, 4.69) is 11.7 Å². The molecule has 0 saturated carbocycles. The average molecular weight is 181 g/mol. The smallest absolute Gasteiger partial charge is 0.105 e. The summed E-state index contributed by atoms with van der Waals surface area (Å²) in [5, 5.41) is 4.06. The van der Waals surface area contributed by atoms with Gasteiger partial charge in [0, 0.05) is 31.6 Å². The second-order valence-electron chi connectivity index (χ2n) is 3.03. The summed E-state index contributed by atoms with van der Waals surface area (Å²) in [5.41, 5.74) is 6.11. The van der Waals surface area contributed by atoms with E-state index in [1.165, 1.54) is 0 Å². The van der Waals surface area contributed by atoms with Crippen molar-refractivity contribution in [1.29, 1.82) is 0 Å². The van der Waals surface area contributed by atoms with Crippen LogP contribution in [0.1, 0.15) is 12.5 Å². The summed E-state index contributed by atoms with van der Waals surface area (Å²) in [6, 6.07) is 0. The van der Waals surface area contributed by atoms with E-state index in [4.69, 9.17) is 10.5 Å². The van der Waals surface area contributed by atoms with E-state index in [1.54, 1.807) is 24.2 Å². The first-order valence-electron chi connectivity index (χ1n) is 4.08. The molecule has 1 unspecified atom stereocenters. The predicted molar refractivity (Wildman–Crippen MR) is 52.0 cm³/mol. The maximum atomic E-state index is 5.61. The highest BCUT2D eigenvalue weighted by Gasteiger charge is 2.25. The highest BCUT2D eigenvalue weighted by Crippen LogP contribution is 2.22. The van der Waals surface area contributed by atoms with Crippen molar-refractivity contribution in [2.24, 2.45) is 5.73 Å². The molecule has 72 valence electrons. The highest BCUT2D eigenvalue weighted by atomic mass is 16.5. The van der Waals surface area contributed by atoms with Gasteiger partial charge in [-0.1, -0.05) is 6.58 Å². The third kappa shape index (κ3) is 1.79. The summed E-state index contributed by atoms with van der Waals surface area (Å²) < 4.78 is 6.95. The van der Waals surface area contributed by atoms with Crippen LogP contribution in [0.25, 0.3) is 6.20 Å². The van der Waals surface area contributed by atoms with Crippen LogP contribution in [0.4, 0.5) is 0 Å². The molecule has 1 aromatic heterocycles. The Labute approximate surface area is 78.0 Å². The molecule has 0 aliphatic heterocycles. The molecule has 1 aromatic rings. The van der Waals surface area contributed by atoms with Crippen molar-refractivity contribution < 1.29 is 4.74 Å². The lowest BCUT2D eigenvalue weighted by atomic mass is 10.00. The van der Waals surface area contributed by atoms with Gasteiger partial charge in [0.2, 0.25) is 0 Å². The van der Waals surface area contributed by atoms with Crippen molar-refractivity contribution >= 4 is 6.20 Å². The van der Waals surface area contributed by atoms with E-state index >= 15 is 0 Å². The Morgan fingerprint density at radius 1 is 1.85 bits per heavy atom. The van der Waals surface area contributed by atoms with Gasteiger partial charge in [-0.15, -0.1) is 0 Å². The lowest BCUT2D eigenvalue weighted by Gasteiger charge is -2.24. The van der Waals surface area contributed by atoms with Crippen molar-refractivity contribution in [3.8, 4) is 0 Å². The number of nitrogens with two attached hydrogens (primary N) is 1. The normalized spacial score (nSPS) is 15.3. The first-order valence-corrected chi connectivity index (χ1v) is 4.08. The van der Waals surface area contributed by atoms with Crippen molar-refractivity contribution in [1.82, 2.24) is 9.78 Å². The molecule has 2 N–H and O–H groups in total. The van der Waals surface area contributed by atoms with Crippen molar-refractivity contribution in [3.05, 3.63) is 24.5 Å². The lowest BCUT2D eigenvalue weighted by molar-refractivity contribution is 0.0101. The fourth-order valence-corrected chi connectivity index (χ4v) is 1.03. The molecule has 0 fully saturated rings. The van der Waals surface area contributed by atoms with Gasteiger partial charge < -0.3 is 10.5 Å². The molecule has 1 rings (SSSR count). The molecular weight excluding hydrogens is 166 g/mol. The molecule has 0 aliphatic rings. The molecule has 4 heteroatoms. The Morgan fingerprint density at radius 2 is 2.54 bits per heavy atom. The molecule has 1 heterocycles. The van der Waals surface area contributed by atoms with E-state index in [1.807, 2.05) is 13.1 Å². The number of hydrogen-bond donors (Lipinski definition) is 1. The summed E-state index contributed by atoms with van der Waals surface area (Å²) >= 11 is 0. The van der Waals surface area contributed by atoms with E-state index in [0.29, 0.717) is 6.54 Å².